The van der Waals surface area contributed by atoms with Crippen LogP contribution in [-0.4, -0.2) is 36.4 Å². The van der Waals surface area contributed by atoms with E-state index in [9.17, 15) is 14.4 Å². The van der Waals surface area contributed by atoms with Crippen molar-refractivity contribution in [3.8, 4) is 5.75 Å². The number of hydrogen-bond donors (Lipinski definition) is 0. The second kappa shape index (κ2) is 7.30. The number of ether oxygens (including phenoxy) is 1. The molecular weight excluding hydrogens is 416 g/mol. The van der Waals surface area contributed by atoms with E-state index in [2.05, 4.69) is 12.2 Å². The normalized spacial score (nSPS) is 30.8. The highest BCUT2D eigenvalue weighted by Gasteiger charge is 2.67. The number of carbonyl (C=O) groups excluding carboxylic acids is 3. The van der Waals surface area contributed by atoms with Gasteiger partial charge in [0.15, 0.2) is 0 Å². The fourth-order valence-corrected chi connectivity index (χ4v) is 6.33. The Morgan fingerprint density at radius 2 is 1.67 bits per heavy atom. The molecule has 2 saturated carbocycles. The molecular formula is C27H26N2O4. The summed E-state index contributed by atoms with van der Waals surface area (Å²) in [5.74, 6) is 0.893. The Balaban J connectivity index is 1.35. The maximum Gasteiger partial charge on any atom is 0.259 e. The average molecular weight is 443 g/mol. The van der Waals surface area contributed by atoms with Crippen molar-refractivity contribution in [3.63, 3.8) is 0 Å². The minimum absolute atomic E-state index is 0.0830. The standard InChI is InChI=1S/C27H26N2O4/c1-15-6-3-4-9-22(15)28(25(30)16-7-5-8-17(12-16)33-2)14-29-26(31)23-18-10-11-19(21-13-20(18)21)24(23)27(29)32/h3-12,18-21,23-24H,13-14H2,1-2H3/t18-,19-,20-,21+,23+,24+/m0/s1. The molecule has 0 unspecified atom stereocenters. The summed E-state index contributed by atoms with van der Waals surface area (Å²) in [5, 5.41) is 0. The van der Waals surface area contributed by atoms with Gasteiger partial charge in [0.25, 0.3) is 5.91 Å². The number of aryl methyl sites for hydroxylation is 1. The number of allylic oxidation sites excluding steroid dienone is 2. The average Bonchev–Trinajstić information content (AvgIpc) is 3.63. The number of amides is 3. The van der Waals surface area contributed by atoms with Gasteiger partial charge in [-0.2, -0.15) is 0 Å². The van der Waals surface area contributed by atoms with Crippen LogP contribution in [0.25, 0.3) is 0 Å². The number of rotatable bonds is 5. The molecule has 1 saturated heterocycles. The molecule has 6 nitrogen and oxygen atoms in total. The predicted molar refractivity (Wildman–Crippen MR) is 122 cm³/mol. The molecule has 168 valence electrons. The Labute approximate surface area is 192 Å². The van der Waals surface area contributed by atoms with Gasteiger partial charge < -0.3 is 4.74 Å². The molecule has 6 atom stereocenters. The van der Waals surface area contributed by atoms with Crippen molar-refractivity contribution < 1.29 is 19.1 Å². The number of nitrogens with zero attached hydrogens (tertiary/aromatic N) is 2. The Morgan fingerprint density at radius 3 is 2.30 bits per heavy atom. The first-order valence-corrected chi connectivity index (χ1v) is 11.5. The molecule has 3 fully saturated rings. The van der Waals surface area contributed by atoms with E-state index in [1.807, 2.05) is 31.2 Å². The first kappa shape index (κ1) is 20.2. The van der Waals surface area contributed by atoms with Gasteiger partial charge in [0.1, 0.15) is 12.4 Å². The van der Waals surface area contributed by atoms with Crippen LogP contribution in [0.1, 0.15) is 22.3 Å². The lowest BCUT2D eigenvalue weighted by molar-refractivity contribution is -0.140. The number of hydrogen-bond acceptors (Lipinski definition) is 4. The zero-order valence-electron chi connectivity index (χ0n) is 18.7. The van der Waals surface area contributed by atoms with Crippen molar-refractivity contribution in [1.29, 1.82) is 0 Å². The van der Waals surface area contributed by atoms with Crippen molar-refractivity contribution >= 4 is 23.4 Å². The Bertz CT molecular complexity index is 1170. The van der Waals surface area contributed by atoms with Gasteiger partial charge in [-0.15, -0.1) is 0 Å². The largest absolute Gasteiger partial charge is 0.497 e. The minimum Gasteiger partial charge on any atom is -0.497 e. The molecule has 7 rings (SSSR count). The number of carbonyl (C=O) groups is 3. The summed E-state index contributed by atoms with van der Waals surface area (Å²) < 4.78 is 5.29. The molecule has 0 radical (unpaired) electrons. The van der Waals surface area contributed by atoms with E-state index in [-0.39, 0.29) is 48.1 Å². The van der Waals surface area contributed by atoms with Crippen molar-refractivity contribution in [3.05, 3.63) is 71.8 Å². The topological polar surface area (TPSA) is 66.9 Å². The molecule has 2 bridgehead atoms. The van der Waals surface area contributed by atoms with Crippen molar-refractivity contribution in [2.75, 3.05) is 18.7 Å². The molecule has 2 aromatic carbocycles. The van der Waals surface area contributed by atoms with Gasteiger partial charge in [0.2, 0.25) is 11.8 Å². The maximum absolute atomic E-state index is 13.7. The van der Waals surface area contributed by atoms with Crippen LogP contribution >= 0.6 is 0 Å². The smallest absolute Gasteiger partial charge is 0.259 e. The number of imide groups is 1. The van der Waals surface area contributed by atoms with Gasteiger partial charge in [-0.25, -0.2) is 0 Å². The van der Waals surface area contributed by atoms with Gasteiger partial charge in [0.05, 0.1) is 18.9 Å². The summed E-state index contributed by atoms with van der Waals surface area (Å²) in [4.78, 5) is 43.6. The lowest BCUT2D eigenvalue weighted by Crippen LogP contribution is -2.45. The number of likely N-dealkylation sites (tertiary alicyclic amines) is 1. The molecule has 0 spiro atoms. The third-order valence-electron chi connectivity index (χ3n) is 8.01. The first-order chi connectivity index (χ1) is 16.0. The van der Waals surface area contributed by atoms with Gasteiger partial charge >= 0.3 is 0 Å². The van der Waals surface area contributed by atoms with Crippen LogP contribution in [-0.2, 0) is 9.59 Å². The van der Waals surface area contributed by atoms with Crippen LogP contribution < -0.4 is 9.64 Å². The predicted octanol–water partition coefficient (Wildman–Crippen LogP) is 3.66. The molecule has 3 amide bonds. The number of benzene rings is 2. The van der Waals surface area contributed by atoms with Crippen LogP contribution in [0.15, 0.2) is 60.7 Å². The minimum atomic E-state index is -0.276. The van der Waals surface area contributed by atoms with Gasteiger partial charge in [-0.3, -0.25) is 24.2 Å². The van der Waals surface area contributed by atoms with Crippen molar-refractivity contribution in [2.45, 2.75) is 13.3 Å². The zero-order chi connectivity index (χ0) is 22.9. The van der Waals surface area contributed by atoms with Gasteiger partial charge in [-0.1, -0.05) is 36.4 Å². The van der Waals surface area contributed by atoms with Crippen LogP contribution in [0.4, 0.5) is 5.69 Å². The van der Waals surface area contributed by atoms with E-state index in [1.54, 1.807) is 36.3 Å². The molecule has 2 aromatic rings. The number of para-hydroxylation sites is 1. The summed E-state index contributed by atoms with van der Waals surface area (Å²) in [7, 11) is 1.55. The van der Waals surface area contributed by atoms with Crippen LogP contribution in [0.3, 0.4) is 0 Å². The second-order valence-corrected chi connectivity index (χ2v) is 9.65. The number of anilines is 1. The Hall–Kier alpha value is -3.41. The maximum atomic E-state index is 13.7. The summed E-state index contributed by atoms with van der Waals surface area (Å²) in [6.45, 7) is 1.84. The number of methoxy groups -OCH3 is 1. The fourth-order valence-electron chi connectivity index (χ4n) is 6.33. The second-order valence-electron chi connectivity index (χ2n) is 9.65. The molecule has 4 aliphatic carbocycles. The van der Waals surface area contributed by atoms with Crippen LogP contribution in [0, 0.1) is 42.4 Å². The van der Waals surface area contributed by atoms with Crippen LogP contribution in [0.2, 0.25) is 0 Å². The SMILES string of the molecule is COc1cccc(C(=O)N(CN2C(=O)[C@@H]3[C@H]4C=C[C@@H]([C@@H]5C[C@H]45)[C@H]3C2=O)c2ccccc2C)c1. The third kappa shape index (κ3) is 2.96. The van der Waals surface area contributed by atoms with E-state index < -0.39 is 0 Å². The van der Waals surface area contributed by atoms with Crippen LogP contribution in [0.5, 0.6) is 5.75 Å². The summed E-state index contributed by atoms with van der Waals surface area (Å²) in [6, 6.07) is 14.5. The molecule has 0 aromatic heterocycles. The summed E-state index contributed by atoms with van der Waals surface area (Å²) >= 11 is 0. The van der Waals surface area contributed by atoms with E-state index in [0.29, 0.717) is 28.8 Å². The highest BCUT2D eigenvalue weighted by Crippen LogP contribution is 2.65. The zero-order valence-corrected chi connectivity index (χ0v) is 18.7. The van der Waals surface area contributed by atoms with Gasteiger partial charge in [0, 0.05) is 11.3 Å². The van der Waals surface area contributed by atoms with Crippen molar-refractivity contribution in [2.24, 2.45) is 35.5 Å². The third-order valence-corrected chi connectivity index (χ3v) is 8.01. The first-order valence-electron chi connectivity index (χ1n) is 11.5. The van der Waals surface area contributed by atoms with E-state index in [0.717, 1.165) is 12.0 Å². The Kier molecular flexibility index (Phi) is 4.47. The highest BCUT2D eigenvalue weighted by molar-refractivity contribution is 6.10. The van der Waals surface area contributed by atoms with E-state index in [1.165, 1.54) is 4.90 Å². The van der Waals surface area contributed by atoms with Gasteiger partial charge in [-0.05, 0) is 66.8 Å². The quantitative estimate of drug-likeness (QED) is 0.524. The molecule has 33 heavy (non-hydrogen) atoms. The molecule has 1 aliphatic heterocycles. The highest BCUT2D eigenvalue weighted by atomic mass is 16.5. The lowest BCUT2D eigenvalue weighted by atomic mass is 9.63. The summed E-state index contributed by atoms with van der Waals surface area (Å²) in [5.41, 5.74) is 2.02. The molecule has 1 heterocycles. The lowest BCUT2D eigenvalue weighted by Gasteiger charge is -2.37. The molecule has 0 N–H and O–H groups in total. The molecule has 5 aliphatic rings. The molecule has 6 heteroatoms. The van der Waals surface area contributed by atoms with E-state index >= 15 is 0 Å². The summed E-state index contributed by atoms with van der Waals surface area (Å²) in [6.07, 6.45) is 5.45. The Morgan fingerprint density at radius 1 is 1.00 bits per heavy atom. The monoisotopic (exact) mass is 442 g/mol. The fraction of sp³-hybridized carbons (Fsp3) is 0.370. The van der Waals surface area contributed by atoms with E-state index in [4.69, 9.17) is 4.74 Å². The van der Waals surface area contributed by atoms with Crippen molar-refractivity contribution in [1.82, 2.24) is 4.90 Å².